The number of amides is 2. The number of nitrogens with zero attached hydrogens (tertiary/aromatic N) is 4. The van der Waals surface area contributed by atoms with Gasteiger partial charge < -0.3 is 15.0 Å². The summed E-state index contributed by atoms with van der Waals surface area (Å²) in [6, 6.07) is 1.43. The predicted octanol–water partition coefficient (Wildman–Crippen LogP) is -1.64. The normalized spacial score (nSPS) is 18.9. The minimum Gasteiger partial charge on any atom is -0.379 e. The molecule has 1 aromatic heterocycles. The van der Waals surface area contributed by atoms with Gasteiger partial charge in [-0.15, -0.1) is 0 Å². The molecular formula is C14H21N5O5S. The van der Waals surface area contributed by atoms with Crippen molar-refractivity contribution in [3.05, 3.63) is 17.5 Å². The van der Waals surface area contributed by atoms with Crippen molar-refractivity contribution in [2.45, 2.75) is 6.54 Å². The van der Waals surface area contributed by atoms with Gasteiger partial charge in [-0.1, -0.05) is 0 Å². The Balaban J connectivity index is 1.56. The number of fused-ring (bicyclic) bond motifs is 1. The number of morpholine rings is 1. The summed E-state index contributed by atoms with van der Waals surface area (Å²) < 4.78 is 32.4. The van der Waals surface area contributed by atoms with Crippen molar-refractivity contribution in [2.24, 2.45) is 0 Å². The lowest BCUT2D eigenvalue weighted by molar-refractivity contribution is 0.0730. The van der Waals surface area contributed by atoms with E-state index in [1.807, 2.05) is 0 Å². The Kier molecular flexibility index (Phi) is 5.06. The number of carbonyl (C=O) groups is 2. The molecule has 138 valence electrons. The number of hydrogen-bond acceptors (Lipinski definition) is 6. The molecule has 25 heavy (non-hydrogen) atoms. The maximum atomic E-state index is 12.2. The molecule has 1 saturated heterocycles. The predicted molar refractivity (Wildman–Crippen MR) is 87.7 cm³/mol. The number of hydrogen-bond donors (Lipinski definition) is 1. The van der Waals surface area contributed by atoms with Crippen molar-refractivity contribution >= 4 is 21.8 Å². The molecule has 2 amide bonds. The van der Waals surface area contributed by atoms with Gasteiger partial charge in [0, 0.05) is 39.3 Å². The van der Waals surface area contributed by atoms with Gasteiger partial charge in [0.25, 0.3) is 11.8 Å². The number of carbonyl (C=O) groups excluding carboxylic acids is 2. The van der Waals surface area contributed by atoms with Gasteiger partial charge in [-0.05, 0) is 0 Å². The summed E-state index contributed by atoms with van der Waals surface area (Å²) in [4.78, 5) is 25.7. The van der Waals surface area contributed by atoms with E-state index in [1.54, 1.807) is 11.9 Å². The number of likely N-dealkylation sites (N-methyl/N-ethyl adjacent to an activating group) is 1. The van der Waals surface area contributed by atoms with Gasteiger partial charge in [0.2, 0.25) is 10.0 Å². The highest BCUT2D eigenvalue weighted by Crippen LogP contribution is 2.12. The summed E-state index contributed by atoms with van der Waals surface area (Å²) in [6.45, 7) is 2.47. The third-order valence-corrected chi connectivity index (χ3v) is 6.11. The smallest absolute Gasteiger partial charge is 0.271 e. The zero-order valence-electron chi connectivity index (χ0n) is 14.0. The molecule has 0 radical (unpaired) electrons. The second-order valence-electron chi connectivity index (χ2n) is 5.95. The molecule has 2 aliphatic rings. The average molecular weight is 371 g/mol. The maximum absolute atomic E-state index is 12.2. The molecule has 10 nitrogen and oxygen atoms in total. The molecular weight excluding hydrogens is 350 g/mol. The van der Waals surface area contributed by atoms with Crippen LogP contribution in [-0.2, 0) is 21.3 Å². The van der Waals surface area contributed by atoms with Crippen LogP contribution in [0.3, 0.4) is 0 Å². The Labute approximate surface area is 145 Å². The van der Waals surface area contributed by atoms with Gasteiger partial charge >= 0.3 is 0 Å². The third-order valence-electron chi connectivity index (χ3n) is 4.23. The first-order chi connectivity index (χ1) is 11.9. The fourth-order valence-corrected chi connectivity index (χ4v) is 4.07. The molecule has 1 N–H and O–H groups in total. The average Bonchev–Trinajstić information content (AvgIpc) is 3.04. The standard InChI is InChI=1S/C14H21N5O5S/c1-17-3-4-19-12(14(17)21)10-11(16-19)13(20)15-2-9-25(22,23)18-5-7-24-8-6-18/h10H,2-9H2,1H3,(H,15,20). The molecule has 0 atom stereocenters. The third kappa shape index (κ3) is 3.83. The molecule has 0 saturated carbocycles. The topological polar surface area (TPSA) is 114 Å². The van der Waals surface area contributed by atoms with E-state index in [0.717, 1.165) is 0 Å². The van der Waals surface area contributed by atoms with Crippen LogP contribution in [0.4, 0.5) is 0 Å². The molecule has 11 heteroatoms. The Hall–Kier alpha value is -1.98. The summed E-state index contributed by atoms with van der Waals surface area (Å²) in [6.07, 6.45) is 0. The number of aromatic nitrogens is 2. The van der Waals surface area contributed by atoms with Crippen molar-refractivity contribution in [1.29, 1.82) is 0 Å². The summed E-state index contributed by atoms with van der Waals surface area (Å²) in [5, 5.41) is 6.67. The van der Waals surface area contributed by atoms with Gasteiger partial charge in [-0.2, -0.15) is 9.40 Å². The number of rotatable bonds is 5. The van der Waals surface area contributed by atoms with Crippen molar-refractivity contribution in [3.63, 3.8) is 0 Å². The first kappa shape index (κ1) is 17.8. The van der Waals surface area contributed by atoms with Gasteiger partial charge in [0.1, 0.15) is 5.69 Å². The first-order valence-electron chi connectivity index (χ1n) is 8.05. The van der Waals surface area contributed by atoms with E-state index >= 15 is 0 Å². The lowest BCUT2D eigenvalue weighted by atomic mass is 10.2. The van der Waals surface area contributed by atoms with Crippen LogP contribution >= 0.6 is 0 Å². The second kappa shape index (κ2) is 7.10. The van der Waals surface area contributed by atoms with Crippen molar-refractivity contribution < 1.29 is 22.7 Å². The fraction of sp³-hybridized carbons (Fsp3) is 0.643. The first-order valence-corrected chi connectivity index (χ1v) is 9.66. The molecule has 0 bridgehead atoms. The molecule has 3 rings (SSSR count). The number of nitrogens with one attached hydrogen (secondary N) is 1. The van der Waals surface area contributed by atoms with E-state index in [1.165, 1.54) is 15.1 Å². The highest BCUT2D eigenvalue weighted by atomic mass is 32.2. The van der Waals surface area contributed by atoms with Crippen LogP contribution in [-0.4, -0.2) is 91.4 Å². The van der Waals surface area contributed by atoms with E-state index in [9.17, 15) is 18.0 Å². The molecule has 2 aliphatic heterocycles. The number of ether oxygens (including phenoxy) is 1. The largest absolute Gasteiger partial charge is 0.379 e. The molecule has 0 unspecified atom stereocenters. The van der Waals surface area contributed by atoms with E-state index in [-0.39, 0.29) is 23.9 Å². The molecule has 1 fully saturated rings. The molecule has 0 spiro atoms. The van der Waals surface area contributed by atoms with Gasteiger partial charge in [0.15, 0.2) is 5.69 Å². The van der Waals surface area contributed by atoms with Crippen LogP contribution in [0, 0.1) is 0 Å². The Morgan fingerprint density at radius 1 is 1.28 bits per heavy atom. The summed E-state index contributed by atoms with van der Waals surface area (Å²) in [7, 11) is -1.74. The zero-order valence-corrected chi connectivity index (χ0v) is 14.8. The van der Waals surface area contributed by atoms with Crippen LogP contribution in [0.15, 0.2) is 6.07 Å². The molecule has 1 aromatic rings. The molecule has 3 heterocycles. The van der Waals surface area contributed by atoms with Crippen molar-refractivity contribution in [2.75, 3.05) is 52.2 Å². The van der Waals surface area contributed by atoms with Gasteiger partial charge in [-0.3, -0.25) is 14.3 Å². The van der Waals surface area contributed by atoms with Crippen LogP contribution in [0.25, 0.3) is 0 Å². The zero-order chi connectivity index (χ0) is 18.0. The SMILES string of the molecule is CN1CCn2nc(C(=O)NCCS(=O)(=O)N3CCOCC3)cc2C1=O. The number of sulfonamides is 1. The maximum Gasteiger partial charge on any atom is 0.271 e. The molecule has 0 aliphatic carbocycles. The lowest BCUT2D eigenvalue weighted by Crippen LogP contribution is -2.43. The van der Waals surface area contributed by atoms with E-state index in [2.05, 4.69) is 10.4 Å². The van der Waals surface area contributed by atoms with Crippen LogP contribution in [0.5, 0.6) is 0 Å². The lowest BCUT2D eigenvalue weighted by Gasteiger charge is -2.25. The highest BCUT2D eigenvalue weighted by Gasteiger charge is 2.27. The highest BCUT2D eigenvalue weighted by molar-refractivity contribution is 7.89. The van der Waals surface area contributed by atoms with Gasteiger partial charge in [0.05, 0.1) is 25.5 Å². The van der Waals surface area contributed by atoms with Crippen LogP contribution < -0.4 is 5.32 Å². The van der Waals surface area contributed by atoms with Crippen molar-refractivity contribution in [1.82, 2.24) is 24.3 Å². The summed E-state index contributed by atoms with van der Waals surface area (Å²) in [5.74, 6) is -0.865. The Morgan fingerprint density at radius 3 is 2.72 bits per heavy atom. The summed E-state index contributed by atoms with van der Waals surface area (Å²) in [5.41, 5.74) is 0.474. The van der Waals surface area contributed by atoms with E-state index in [4.69, 9.17) is 4.74 Å². The summed E-state index contributed by atoms with van der Waals surface area (Å²) >= 11 is 0. The minimum atomic E-state index is -3.43. The molecule has 0 aromatic carbocycles. The van der Waals surface area contributed by atoms with Crippen LogP contribution in [0.1, 0.15) is 21.0 Å². The second-order valence-corrected chi connectivity index (χ2v) is 8.04. The fourth-order valence-electron chi connectivity index (χ4n) is 2.75. The minimum absolute atomic E-state index is 0.0193. The van der Waals surface area contributed by atoms with E-state index in [0.29, 0.717) is 45.1 Å². The Bertz CT molecular complexity index is 769. The van der Waals surface area contributed by atoms with Crippen molar-refractivity contribution in [3.8, 4) is 0 Å². The van der Waals surface area contributed by atoms with E-state index < -0.39 is 15.9 Å². The van der Waals surface area contributed by atoms with Crippen LogP contribution in [0.2, 0.25) is 0 Å². The van der Waals surface area contributed by atoms with Gasteiger partial charge in [-0.25, -0.2) is 8.42 Å². The monoisotopic (exact) mass is 371 g/mol. The Morgan fingerprint density at radius 2 is 2.00 bits per heavy atom. The quantitative estimate of drug-likeness (QED) is 0.664.